The number of nitriles is 1. The van der Waals surface area contributed by atoms with Crippen LogP contribution in [0.1, 0.15) is 27.3 Å². The SMILES string of the molecule is Cc1ncn(-c2ccc(Oc3ccc(NC(=O)c4cccc(C#N)c4)cc3)nn2)c1C. The van der Waals surface area contributed by atoms with Crippen molar-refractivity contribution >= 4 is 11.6 Å². The number of hydrogen-bond donors (Lipinski definition) is 1. The number of amides is 1. The summed E-state index contributed by atoms with van der Waals surface area (Å²) in [6.07, 6.45) is 1.71. The van der Waals surface area contributed by atoms with Crippen molar-refractivity contribution < 1.29 is 9.53 Å². The second-order valence-corrected chi connectivity index (χ2v) is 6.79. The first-order valence-electron chi connectivity index (χ1n) is 9.47. The van der Waals surface area contributed by atoms with E-state index in [2.05, 4.69) is 20.5 Å². The van der Waals surface area contributed by atoms with E-state index in [-0.39, 0.29) is 5.91 Å². The number of aryl methyl sites for hydroxylation is 1. The van der Waals surface area contributed by atoms with Crippen molar-refractivity contribution in [3.63, 3.8) is 0 Å². The van der Waals surface area contributed by atoms with Gasteiger partial charge in [-0.2, -0.15) is 5.26 Å². The van der Waals surface area contributed by atoms with Gasteiger partial charge in [-0.25, -0.2) is 4.98 Å². The minimum absolute atomic E-state index is 0.294. The first kappa shape index (κ1) is 19.8. The maximum Gasteiger partial charge on any atom is 0.255 e. The van der Waals surface area contributed by atoms with Crippen LogP contribution in [0.25, 0.3) is 5.82 Å². The summed E-state index contributed by atoms with van der Waals surface area (Å²) >= 11 is 0. The molecule has 152 valence electrons. The van der Waals surface area contributed by atoms with Crippen LogP contribution in [0.4, 0.5) is 5.69 Å². The van der Waals surface area contributed by atoms with E-state index in [0.717, 1.165) is 11.4 Å². The highest BCUT2D eigenvalue weighted by Crippen LogP contribution is 2.22. The summed E-state index contributed by atoms with van der Waals surface area (Å²) in [5.74, 6) is 1.27. The molecule has 1 N–H and O–H groups in total. The molecule has 0 unspecified atom stereocenters. The Morgan fingerprint density at radius 3 is 2.52 bits per heavy atom. The van der Waals surface area contributed by atoms with Gasteiger partial charge in [0.15, 0.2) is 5.82 Å². The number of ether oxygens (including phenoxy) is 1. The van der Waals surface area contributed by atoms with Gasteiger partial charge >= 0.3 is 0 Å². The van der Waals surface area contributed by atoms with Gasteiger partial charge in [-0.05, 0) is 62.4 Å². The molecule has 8 nitrogen and oxygen atoms in total. The molecule has 0 atom stereocenters. The fraction of sp³-hybridized carbons (Fsp3) is 0.0870. The van der Waals surface area contributed by atoms with Crippen molar-refractivity contribution in [3.8, 4) is 23.5 Å². The van der Waals surface area contributed by atoms with Crippen LogP contribution in [0.3, 0.4) is 0 Å². The van der Waals surface area contributed by atoms with Crippen molar-refractivity contribution in [2.75, 3.05) is 5.32 Å². The van der Waals surface area contributed by atoms with E-state index < -0.39 is 0 Å². The Balaban J connectivity index is 1.41. The lowest BCUT2D eigenvalue weighted by Crippen LogP contribution is -2.11. The third-order valence-electron chi connectivity index (χ3n) is 4.71. The Hall–Kier alpha value is -4.51. The molecule has 0 fully saturated rings. The Kier molecular flexibility index (Phi) is 5.41. The third-order valence-corrected chi connectivity index (χ3v) is 4.71. The first-order chi connectivity index (χ1) is 15.0. The summed E-state index contributed by atoms with van der Waals surface area (Å²) in [5.41, 5.74) is 3.39. The van der Waals surface area contributed by atoms with Crippen molar-refractivity contribution in [2.24, 2.45) is 0 Å². The van der Waals surface area contributed by atoms with Crippen LogP contribution >= 0.6 is 0 Å². The molecule has 4 aromatic rings. The van der Waals surface area contributed by atoms with Crippen LogP contribution in [0.2, 0.25) is 0 Å². The first-order valence-corrected chi connectivity index (χ1v) is 9.47. The normalized spacial score (nSPS) is 10.4. The van der Waals surface area contributed by atoms with Gasteiger partial charge in [0.05, 0.1) is 17.3 Å². The average Bonchev–Trinajstić information content (AvgIpc) is 3.14. The van der Waals surface area contributed by atoms with Crippen molar-refractivity contribution in [1.29, 1.82) is 5.26 Å². The zero-order chi connectivity index (χ0) is 21.8. The molecule has 0 aliphatic carbocycles. The topological polar surface area (TPSA) is 106 Å². The summed E-state index contributed by atoms with van der Waals surface area (Å²) < 4.78 is 7.59. The number of anilines is 1. The molecule has 8 heteroatoms. The van der Waals surface area contributed by atoms with Crippen LogP contribution < -0.4 is 10.1 Å². The van der Waals surface area contributed by atoms with Crippen molar-refractivity contribution in [2.45, 2.75) is 13.8 Å². The molecule has 0 bridgehead atoms. The number of benzene rings is 2. The van der Waals surface area contributed by atoms with Crippen molar-refractivity contribution in [3.05, 3.63) is 89.5 Å². The van der Waals surface area contributed by atoms with E-state index in [9.17, 15) is 4.79 Å². The Morgan fingerprint density at radius 2 is 1.87 bits per heavy atom. The minimum Gasteiger partial charge on any atom is -0.438 e. The molecule has 0 aliphatic heterocycles. The van der Waals surface area contributed by atoms with Gasteiger partial charge in [-0.1, -0.05) is 6.07 Å². The highest BCUT2D eigenvalue weighted by Gasteiger charge is 2.09. The molecule has 0 saturated carbocycles. The summed E-state index contributed by atoms with van der Waals surface area (Å²) in [5, 5.41) is 20.1. The second-order valence-electron chi connectivity index (χ2n) is 6.79. The number of imidazole rings is 1. The Labute approximate surface area is 178 Å². The molecule has 0 radical (unpaired) electrons. The van der Waals surface area contributed by atoms with E-state index in [4.69, 9.17) is 10.00 Å². The van der Waals surface area contributed by atoms with Gasteiger partial charge in [0.25, 0.3) is 5.91 Å². The Bertz CT molecular complexity index is 1270. The number of carbonyl (C=O) groups excluding carboxylic acids is 1. The lowest BCUT2D eigenvalue weighted by Gasteiger charge is -2.08. The third kappa shape index (κ3) is 4.41. The molecule has 4 rings (SSSR count). The quantitative estimate of drug-likeness (QED) is 0.529. The van der Waals surface area contributed by atoms with Crippen LogP contribution in [-0.2, 0) is 0 Å². The highest BCUT2D eigenvalue weighted by molar-refractivity contribution is 6.04. The molecular weight excluding hydrogens is 392 g/mol. The van der Waals surface area contributed by atoms with Crippen LogP contribution in [-0.4, -0.2) is 25.7 Å². The van der Waals surface area contributed by atoms with Gasteiger partial charge in [-0.15, -0.1) is 10.2 Å². The fourth-order valence-electron chi connectivity index (χ4n) is 2.89. The summed E-state index contributed by atoms with van der Waals surface area (Å²) in [7, 11) is 0. The summed E-state index contributed by atoms with van der Waals surface area (Å²) in [6, 6.07) is 19.0. The molecule has 0 saturated heterocycles. The van der Waals surface area contributed by atoms with E-state index in [1.807, 2.05) is 24.5 Å². The predicted octanol–water partition coefficient (Wildman–Crippen LogP) is 4.20. The number of rotatable bonds is 5. The van der Waals surface area contributed by atoms with E-state index in [0.29, 0.717) is 34.3 Å². The van der Waals surface area contributed by atoms with Gasteiger partial charge in [0.1, 0.15) is 12.1 Å². The molecule has 2 aromatic carbocycles. The fourth-order valence-corrected chi connectivity index (χ4v) is 2.89. The number of aromatic nitrogens is 4. The molecule has 0 aliphatic rings. The van der Waals surface area contributed by atoms with Crippen molar-refractivity contribution in [1.82, 2.24) is 19.7 Å². The molecule has 1 amide bonds. The maximum atomic E-state index is 12.4. The van der Waals surface area contributed by atoms with E-state index in [1.54, 1.807) is 67.0 Å². The van der Waals surface area contributed by atoms with E-state index in [1.165, 1.54) is 0 Å². The lowest BCUT2D eigenvalue weighted by atomic mass is 10.1. The second kappa shape index (κ2) is 8.47. The lowest BCUT2D eigenvalue weighted by molar-refractivity contribution is 0.102. The molecule has 2 heterocycles. The summed E-state index contributed by atoms with van der Waals surface area (Å²) in [6.45, 7) is 3.90. The largest absolute Gasteiger partial charge is 0.438 e. The zero-order valence-electron chi connectivity index (χ0n) is 16.9. The van der Waals surface area contributed by atoms with Crippen LogP contribution in [0.5, 0.6) is 11.6 Å². The minimum atomic E-state index is -0.294. The van der Waals surface area contributed by atoms with Gasteiger partial charge in [0.2, 0.25) is 5.88 Å². The summed E-state index contributed by atoms with van der Waals surface area (Å²) in [4.78, 5) is 16.6. The Morgan fingerprint density at radius 1 is 1.06 bits per heavy atom. The molecular formula is C23H18N6O2. The highest BCUT2D eigenvalue weighted by atomic mass is 16.5. The van der Waals surface area contributed by atoms with E-state index >= 15 is 0 Å². The monoisotopic (exact) mass is 410 g/mol. The number of nitrogens with zero attached hydrogens (tertiary/aromatic N) is 5. The van der Waals surface area contributed by atoms with Gasteiger partial charge in [-0.3, -0.25) is 9.36 Å². The maximum absolute atomic E-state index is 12.4. The van der Waals surface area contributed by atoms with Crippen LogP contribution in [0, 0.1) is 25.2 Å². The smallest absolute Gasteiger partial charge is 0.255 e. The van der Waals surface area contributed by atoms with Gasteiger partial charge < -0.3 is 10.1 Å². The number of nitrogens with one attached hydrogen (secondary N) is 1. The zero-order valence-corrected chi connectivity index (χ0v) is 16.9. The number of carbonyl (C=O) groups is 1. The molecule has 0 spiro atoms. The number of hydrogen-bond acceptors (Lipinski definition) is 6. The van der Waals surface area contributed by atoms with Crippen LogP contribution in [0.15, 0.2) is 67.0 Å². The predicted molar refractivity (Wildman–Crippen MR) is 114 cm³/mol. The molecule has 2 aromatic heterocycles. The average molecular weight is 410 g/mol. The van der Waals surface area contributed by atoms with Gasteiger partial charge in [0, 0.05) is 23.0 Å². The molecule has 31 heavy (non-hydrogen) atoms. The standard InChI is InChI=1S/C23H18N6O2/c1-15-16(2)29(14-25-15)21-10-11-22(28-27-21)31-20-8-6-19(7-9-20)26-23(30)18-5-3-4-17(12-18)13-24/h3-12,14H,1-2H3,(H,26,30).